The van der Waals surface area contributed by atoms with Gasteiger partial charge in [-0.05, 0) is 36.5 Å². The number of hydrogen-bond donors (Lipinski definition) is 2. The maximum atomic E-state index is 11.6. The van der Waals surface area contributed by atoms with Crippen molar-refractivity contribution in [1.82, 2.24) is 10.4 Å². The molecular formula is C14H12N4O3S. The predicted octanol–water partition coefficient (Wildman–Crippen LogP) is 1.83. The summed E-state index contributed by atoms with van der Waals surface area (Å²) in [5.74, 6) is 0.647. The summed E-state index contributed by atoms with van der Waals surface area (Å²) >= 11 is 4.59. The van der Waals surface area contributed by atoms with Gasteiger partial charge in [-0.3, -0.25) is 10.4 Å². The summed E-state index contributed by atoms with van der Waals surface area (Å²) in [5.41, 5.74) is 8.15. The van der Waals surface area contributed by atoms with Crippen molar-refractivity contribution < 1.29 is 14.3 Å². The maximum Gasteiger partial charge on any atom is 0.519 e. The number of ether oxygens (including phenoxy) is 2. The summed E-state index contributed by atoms with van der Waals surface area (Å²) in [6.07, 6.45) is 1.95. The van der Waals surface area contributed by atoms with E-state index >= 15 is 0 Å². The second-order valence-electron chi connectivity index (χ2n) is 3.92. The highest BCUT2D eigenvalue weighted by Gasteiger charge is 2.07. The third kappa shape index (κ3) is 5.17. The maximum absolute atomic E-state index is 11.6. The molecule has 0 fully saturated rings. The molecule has 1 heterocycles. The largest absolute Gasteiger partial charge is 0.519 e. The third-order valence-corrected chi connectivity index (χ3v) is 2.37. The molecule has 0 amide bonds. The molecule has 1 aromatic heterocycles. The van der Waals surface area contributed by atoms with Crippen LogP contribution in [0, 0.1) is 0 Å². The first-order chi connectivity index (χ1) is 10.6. The average molecular weight is 316 g/mol. The van der Waals surface area contributed by atoms with Crippen LogP contribution in [0.3, 0.4) is 0 Å². The number of nitrogens with one attached hydrogen (secondary N) is 1. The Labute approximate surface area is 131 Å². The van der Waals surface area contributed by atoms with Crippen LogP contribution in [0.25, 0.3) is 0 Å². The van der Waals surface area contributed by atoms with Gasteiger partial charge in [0.05, 0.1) is 18.1 Å². The molecule has 0 aliphatic carbocycles. The van der Waals surface area contributed by atoms with E-state index in [1.165, 1.54) is 12.4 Å². The van der Waals surface area contributed by atoms with Crippen molar-refractivity contribution in [3.63, 3.8) is 0 Å². The summed E-state index contributed by atoms with van der Waals surface area (Å²) in [6.45, 7) is 0. The quantitative estimate of drug-likeness (QED) is 0.292. The average Bonchev–Trinajstić information content (AvgIpc) is 2.49. The number of carbonyl (C=O) groups excluding carboxylic acids is 1. The van der Waals surface area contributed by atoms with Gasteiger partial charge in [-0.25, -0.2) is 4.79 Å². The van der Waals surface area contributed by atoms with Crippen LogP contribution < -0.4 is 20.6 Å². The molecule has 2 aromatic rings. The van der Waals surface area contributed by atoms with Crippen molar-refractivity contribution in [1.29, 1.82) is 0 Å². The topological polar surface area (TPSA) is 98.8 Å². The molecular weight excluding hydrogens is 304 g/mol. The van der Waals surface area contributed by atoms with Gasteiger partial charge in [0, 0.05) is 0 Å². The van der Waals surface area contributed by atoms with E-state index in [0.717, 1.165) is 0 Å². The van der Waals surface area contributed by atoms with Crippen LogP contribution in [-0.4, -0.2) is 22.5 Å². The van der Waals surface area contributed by atoms with Gasteiger partial charge in [-0.1, -0.05) is 18.2 Å². The fraction of sp³-hybridized carbons (Fsp3) is 0. The van der Waals surface area contributed by atoms with Gasteiger partial charge in [-0.15, -0.1) is 0 Å². The van der Waals surface area contributed by atoms with E-state index < -0.39 is 6.16 Å². The lowest BCUT2D eigenvalue weighted by Crippen LogP contribution is -2.24. The van der Waals surface area contributed by atoms with Crippen molar-refractivity contribution in [2.45, 2.75) is 0 Å². The number of nitrogens with two attached hydrogens (primary N) is 1. The molecule has 7 nitrogen and oxygen atoms in total. The number of rotatable bonds is 4. The Morgan fingerprint density at radius 3 is 2.55 bits per heavy atom. The Kier molecular flexibility index (Phi) is 5.38. The molecule has 0 spiro atoms. The number of carbonyl (C=O) groups is 1. The zero-order valence-electron chi connectivity index (χ0n) is 11.3. The van der Waals surface area contributed by atoms with Crippen molar-refractivity contribution in [3.8, 4) is 11.5 Å². The molecule has 1 aromatic carbocycles. The lowest BCUT2D eigenvalue weighted by atomic mass is 10.3. The second kappa shape index (κ2) is 7.70. The Morgan fingerprint density at radius 1 is 1.18 bits per heavy atom. The van der Waals surface area contributed by atoms with E-state index in [9.17, 15) is 4.79 Å². The molecule has 0 radical (unpaired) electrons. The first-order valence-electron chi connectivity index (χ1n) is 6.13. The SMILES string of the molecule is NC(=S)NN=Cc1ccc(OC(=O)Oc2ccccc2)cn1. The highest BCUT2D eigenvalue weighted by Crippen LogP contribution is 2.12. The fourth-order valence-corrected chi connectivity index (χ4v) is 1.45. The van der Waals surface area contributed by atoms with Crippen molar-refractivity contribution in [2.24, 2.45) is 10.8 Å². The first kappa shape index (κ1) is 15.4. The minimum Gasteiger partial charge on any atom is -0.395 e. The second-order valence-corrected chi connectivity index (χ2v) is 4.36. The predicted molar refractivity (Wildman–Crippen MR) is 84.8 cm³/mol. The summed E-state index contributed by atoms with van der Waals surface area (Å²) < 4.78 is 9.98. The molecule has 0 saturated heterocycles. The standard InChI is InChI=1S/C14H12N4O3S/c15-13(22)18-17-8-10-6-7-12(9-16-10)21-14(19)20-11-4-2-1-3-5-11/h1-9H,(H3,15,18,22). The molecule has 8 heteroatoms. The van der Waals surface area contributed by atoms with Gasteiger partial charge < -0.3 is 15.2 Å². The molecule has 112 valence electrons. The van der Waals surface area contributed by atoms with Crippen LogP contribution in [0.1, 0.15) is 5.69 Å². The molecule has 0 aliphatic heterocycles. The monoisotopic (exact) mass is 316 g/mol. The molecule has 0 bridgehead atoms. The molecule has 22 heavy (non-hydrogen) atoms. The summed E-state index contributed by atoms with van der Waals surface area (Å²) in [7, 11) is 0. The molecule has 2 rings (SSSR count). The van der Waals surface area contributed by atoms with E-state index in [2.05, 4.69) is 27.7 Å². The Bertz CT molecular complexity index is 674. The van der Waals surface area contributed by atoms with Crippen LogP contribution in [0.4, 0.5) is 4.79 Å². The normalized spacial score (nSPS) is 10.2. The lowest BCUT2D eigenvalue weighted by molar-refractivity contribution is 0.151. The number of hydrogen-bond acceptors (Lipinski definition) is 6. The number of nitrogens with zero attached hydrogens (tertiary/aromatic N) is 2. The molecule has 0 saturated carbocycles. The first-order valence-corrected chi connectivity index (χ1v) is 6.53. The Balaban J connectivity index is 1.89. The minimum atomic E-state index is -0.843. The number of hydrazone groups is 1. The number of pyridine rings is 1. The Hall–Kier alpha value is -3.00. The van der Waals surface area contributed by atoms with Crippen LogP contribution in [0.15, 0.2) is 53.8 Å². The smallest absolute Gasteiger partial charge is 0.395 e. The van der Waals surface area contributed by atoms with Crippen LogP contribution in [0.5, 0.6) is 11.5 Å². The molecule has 3 N–H and O–H groups in total. The summed E-state index contributed by atoms with van der Waals surface area (Å²) in [6, 6.07) is 11.8. The van der Waals surface area contributed by atoms with Crippen molar-refractivity contribution >= 4 is 29.7 Å². The highest BCUT2D eigenvalue weighted by molar-refractivity contribution is 7.80. The highest BCUT2D eigenvalue weighted by atomic mass is 32.1. The van der Waals surface area contributed by atoms with E-state index in [0.29, 0.717) is 11.4 Å². The van der Waals surface area contributed by atoms with Crippen LogP contribution in [0.2, 0.25) is 0 Å². The lowest BCUT2D eigenvalue weighted by Gasteiger charge is -2.05. The van der Waals surface area contributed by atoms with E-state index in [-0.39, 0.29) is 10.9 Å². The number of benzene rings is 1. The zero-order valence-corrected chi connectivity index (χ0v) is 12.1. The molecule has 0 aliphatic rings. The van der Waals surface area contributed by atoms with Gasteiger partial charge in [0.25, 0.3) is 0 Å². The number of aromatic nitrogens is 1. The number of para-hydroxylation sites is 1. The molecule has 0 atom stereocenters. The van der Waals surface area contributed by atoms with Crippen LogP contribution in [-0.2, 0) is 0 Å². The fourth-order valence-electron chi connectivity index (χ4n) is 1.39. The van der Waals surface area contributed by atoms with Gasteiger partial charge in [0.1, 0.15) is 5.75 Å². The summed E-state index contributed by atoms with van der Waals surface area (Å²) in [5, 5.41) is 3.81. The summed E-state index contributed by atoms with van der Waals surface area (Å²) in [4.78, 5) is 15.6. The minimum absolute atomic E-state index is 0.0554. The zero-order chi connectivity index (χ0) is 15.8. The van der Waals surface area contributed by atoms with E-state index in [1.807, 2.05) is 6.07 Å². The van der Waals surface area contributed by atoms with Gasteiger partial charge in [0.15, 0.2) is 10.9 Å². The Morgan fingerprint density at radius 2 is 1.91 bits per heavy atom. The van der Waals surface area contributed by atoms with Gasteiger partial charge >= 0.3 is 6.16 Å². The van der Waals surface area contributed by atoms with Crippen LogP contribution >= 0.6 is 12.2 Å². The third-order valence-electron chi connectivity index (χ3n) is 2.28. The van der Waals surface area contributed by atoms with Gasteiger partial charge in [0.2, 0.25) is 0 Å². The van der Waals surface area contributed by atoms with Gasteiger partial charge in [-0.2, -0.15) is 5.10 Å². The van der Waals surface area contributed by atoms with E-state index in [4.69, 9.17) is 15.2 Å². The number of thiocarbonyl (C=S) groups is 1. The molecule has 0 unspecified atom stereocenters. The van der Waals surface area contributed by atoms with E-state index in [1.54, 1.807) is 36.4 Å². The van der Waals surface area contributed by atoms with Crippen molar-refractivity contribution in [2.75, 3.05) is 0 Å². The van der Waals surface area contributed by atoms with Crippen molar-refractivity contribution in [3.05, 3.63) is 54.4 Å².